The first kappa shape index (κ1) is 19.7. The van der Waals surface area contributed by atoms with Gasteiger partial charge in [-0.15, -0.1) is 0 Å². The summed E-state index contributed by atoms with van der Waals surface area (Å²) in [6.45, 7) is 2.99. The Bertz CT molecular complexity index is 873. The molecule has 0 radical (unpaired) electrons. The van der Waals surface area contributed by atoms with Crippen LogP contribution in [0.4, 0.5) is 8.78 Å². The molecule has 0 amide bonds. The molecule has 0 bridgehead atoms. The van der Waals surface area contributed by atoms with Gasteiger partial charge < -0.3 is 10.1 Å². The third-order valence-corrected chi connectivity index (χ3v) is 6.12. The molecule has 3 rings (SSSR count). The molecule has 1 N–H and O–H groups in total. The quantitative estimate of drug-likeness (QED) is 0.814. The number of sulfone groups is 1. The Morgan fingerprint density at radius 2 is 1.89 bits per heavy atom. The van der Waals surface area contributed by atoms with Gasteiger partial charge in [0.05, 0.1) is 18.0 Å². The smallest absolute Gasteiger partial charge is 0.341 e. The fourth-order valence-electron chi connectivity index (χ4n) is 3.31. The summed E-state index contributed by atoms with van der Waals surface area (Å²) in [7, 11) is -2.92. The van der Waals surface area contributed by atoms with Crippen LogP contribution in [0.5, 0.6) is 5.75 Å². The lowest BCUT2D eigenvalue weighted by Crippen LogP contribution is -2.45. The number of methoxy groups -OCH3 is 1. The van der Waals surface area contributed by atoms with E-state index >= 15 is 0 Å². The number of alkyl halides is 2. The predicted molar refractivity (Wildman–Crippen MR) is 98.6 cm³/mol. The molecule has 0 aromatic heterocycles. The van der Waals surface area contributed by atoms with Crippen molar-refractivity contribution in [2.45, 2.75) is 23.2 Å². The molecule has 1 aliphatic rings. The maximum Gasteiger partial charge on any atom is 0.341 e. The fraction of sp³-hybridized carbons (Fsp3) is 0.368. The van der Waals surface area contributed by atoms with Crippen LogP contribution in [0.15, 0.2) is 53.4 Å². The van der Waals surface area contributed by atoms with Crippen molar-refractivity contribution in [1.82, 2.24) is 10.2 Å². The van der Waals surface area contributed by atoms with Crippen LogP contribution in [0, 0.1) is 0 Å². The van der Waals surface area contributed by atoms with Crippen molar-refractivity contribution in [3.8, 4) is 5.75 Å². The number of para-hydroxylation sites is 1. The van der Waals surface area contributed by atoms with E-state index in [9.17, 15) is 17.2 Å². The second-order valence-corrected chi connectivity index (χ2v) is 8.30. The summed E-state index contributed by atoms with van der Waals surface area (Å²) in [5.41, 5.74) is 1.94. The molecule has 2 aromatic carbocycles. The Morgan fingerprint density at radius 1 is 1.19 bits per heavy atom. The summed E-state index contributed by atoms with van der Waals surface area (Å²) >= 11 is 0. The van der Waals surface area contributed by atoms with Crippen LogP contribution in [0.1, 0.15) is 17.2 Å². The highest BCUT2D eigenvalue weighted by Gasteiger charge is 2.28. The zero-order chi connectivity index (χ0) is 19.4. The van der Waals surface area contributed by atoms with Gasteiger partial charge in [-0.2, -0.15) is 8.78 Å². The second-order valence-electron chi connectivity index (χ2n) is 6.38. The first-order valence-corrected chi connectivity index (χ1v) is 10.2. The molecule has 0 spiro atoms. The van der Waals surface area contributed by atoms with E-state index in [0.717, 1.165) is 36.5 Å². The maximum absolute atomic E-state index is 12.7. The van der Waals surface area contributed by atoms with Crippen molar-refractivity contribution in [2.75, 3.05) is 26.7 Å². The molecule has 146 valence electrons. The molecule has 1 aliphatic heterocycles. The highest BCUT2D eigenvalue weighted by atomic mass is 32.2. The summed E-state index contributed by atoms with van der Waals surface area (Å²) in [6.07, 6.45) is 0. The fourth-order valence-corrected chi connectivity index (χ4v) is 4.03. The highest BCUT2D eigenvalue weighted by Crippen LogP contribution is 2.31. The second kappa shape index (κ2) is 8.33. The van der Waals surface area contributed by atoms with Crippen molar-refractivity contribution < 1.29 is 21.9 Å². The lowest BCUT2D eigenvalue weighted by molar-refractivity contribution is 0.151. The monoisotopic (exact) mass is 396 g/mol. The Morgan fingerprint density at radius 3 is 2.56 bits per heavy atom. The van der Waals surface area contributed by atoms with Crippen LogP contribution in [-0.2, 0) is 16.4 Å². The highest BCUT2D eigenvalue weighted by molar-refractivity contribution is 7.91. The van der Waals surface area contributed by atoms with Gasteiger partial charge in [-0.1, -0.05) is 30.3 Å². The van der Waals surface area contributed by atoms with Gasteiger partial charge in [-0.3, -0.25) is 4.90 Å². The van der Waals surface area contributed by atoms with Crippen molar-refractivity contribution in [2.24, 2.45) is 0 Å². The van der Waals surface area contributed by atoms with E-state index in [1.165, 1.54) is 12.1 Å². The number of ether oxygens (including phenoxy) is 1. The predicted octanol–water partition coefficient (Wildman–Crippen LogP) is 2.84. The van der Waals surface area contributed by atoms with Gasteiger partial charge in [-0.25, -0.2) is 8.42 Å². The molecular weight excluding hydrogens is 374 g/mol. The van der Waals surface area contributed by atoms with E-state index in [2.05, 4.69) is 10.2 Å². The average Bonchev–Trinajstić information content (AvgIpc) is 2.68. The van der Waals surface area contributed by atoms with Crippen LogP contribution in [0.3, 0.4) is 0 Å². The Balaban J connectivity index is 1.81. The molecule has 5 nitrogen and oxygen atoms in total. The number of piperazine rings is 1. The normalized spacial score (nSPS) is 18.6. The van der Waals surface area contributed by atoms with E-state index in [4.69, 9.17) is 4.74 Å². The first-order chi connectivity index (χ1) is 12.9. The van der Waals surface area contributed by atoms with Gasteiger partial charge in [-0.05, 0) is 23.8 Å². The Hall–Kier alpha value is -2.03. The summed E-state index contributed by atoms with van der Waals surface area (Å²) < 4.78 is 53.9. The molecule has 0 aliphatic carbocycles. The van der Waals surface area contributed by atoms with Crippen LogP contribution in [0.25, 0.3) is 0 Å². The van der Waals surface area contributed by atoms with Gasteiger partial charge in [0.1, 0.15) is 5.75 Å². The Kier molecular flexibility index (Phi) is 6.08. The van der Waals surface area contributed by atoms with Gasteiger partial charge in [0.25, 0.3) is 0 Å². The third kappa shape index (κ3) is 4.28. The van der Waals surface area contributed by atoms with Crippen molar-refractivity contribution in [3.63, 3.8) is 0 Å². The number of hydrogen-bond acceptors (Lipinski definition) is 5. The number of halogens is 2. The number of hydrogen-bond donors (Lipinski definition) is 1. The number of rotatable bonds is 6. The molecule has 27 heavy (non-hydrogen) atoms. The molecule has 1 atom stereocenters. The van der Waals surface area contributed by atoms with Gasteiger partial charge in [0.15, 0.2) is 0 Å². The van der Waals surface area contributed by atoms with E-state index in [1.54, 1.807) is 19.2 Å². The van der Waals surface area contributed by atoms with Gasteiger partial charge in [0.2, 0.25) is 9.84 Å². The summed E-state index contributed by atoms with van der Waals surface area (Å²) in [6, 6.07) is 13.6. The molecular formula is C19H22F2N2O3S. The van der Waals surface area contributed by atoms with Crippen LogP contribution >= 0.6 is 0 Å². The molecule has 0 saturated carbocycles. The van der Waals surface area contributed by atoms with Gasteiger partial charge >= 0.3 is 5.76 Å². The lowest BCUT2D eigenvalue weighted by atomic mass is 10.0. The minimum atomic E-state index is -4.56. The van der Waals surface area contributed by atoms with Crippen LogP contribution < -0.4 is 10.1 Å². The molecule has 1 unspecified atom stereocenters. The molecule has 1 saturated heterocycles. The lowest BCUT2D eigenvalue weighted by Gasteiger charge is -2.37. The zero-order valence-electron chi connectivity index (χ0n) is 14.9. The van der Waals surface area contributed by atoms with Crippen LogP contribution in [-0.4, -0.2) is 45.8 Å². The van der Waals surface area contributed by atoms with E-state index in [0.29, 0.717) is 6.54 Å². The molecule has 2 aromatic rings. The number of nitrogens with one attached hydrogen (secondary N) is 1. The summed E-state index contributed by atoms with van der Waals surface area (Å²) in [5.74, 6) is -2.60. The minimum absolute atomic E-state index is 0.0966. The maximum atomic E-state index is 12.7. The number of benzene rings is 2. The van der Waals surface area contributed by atoms with E-state index in [1.807, 2.05) is 24.3 Å². The largest absolute Gasteiger partial charge is 0.496 e. The molecule has 1 heterocycles. The average molecular weight is 396 g/mol. The number of nitrogens with zero attached hydrogens (tertiary/aromatic N) is 1. The first-order valence-electron chi connectivity index (χ1n) is 8.62. The van der Waals surface area contributed by atoms with Crippen molar-refractivity contribution >= 4 is 9.84 Å². The minimum Gasteiger partial charge on any atom is -0.496 e. The van der Waals surface area contributed by atoms with E-state index in [-0.39, 0.29) is 10.9 Å². The SMILES string of the molecule is COc1ccccc1C1CNCCN1Cc1ccc(S(=O)(=O)C(F)F)cc1. The van der Waals surface area contributed by atoms with Crippen LogP contribution in [0.2, 0.25) is 0 Å². The van der Waals surface area contributed by atoms with Gasteiger partial charge in [0, 0.05) is 31.7 Å². The molecule has 8 heteroatoms. The van der Waals surface area contributed by atoms with Crippen molar-refractivity contribution in [1.29, 1.82) is 0 Å². The summed E-state index contributed by atoms with van der Waals surface area (Å²) in [4.78, 5) is 1.91. The topological polar surface area (TPSA) is 58.6 Å². The van der Waals surface area contributed by atoms with E-state index < -0.39 is 15.6 Å². The third-order valence-electron chi connectivity index (χ3n) is 4.72. The van der Waals surface area contributed by atoms with Crippen molar-refractivity contribution in [3.05, 3.63) is 59.7 Å². The Labute approximate surface area is 157 Å². The molecule has 1 fully saturated rings. The standard InChI is InChI=1S/C19H22F2N2O3S/c1-26-18-5-3-2-4-16(18)17-12-22-10-11-23(17)13-14-6-8-15(9-7-14)27(24,25)19(20)21/h2-9,17,19,22H,10-13H2,1H3. The zero-order valence-corrected chi connectivity index (χ0v) is 15.8. The summed E-state index contributed by atoms with van der Waals surface area (Å²) in [5, 5.41) is 3.38.